The topological polar surface area (TPSA) is 59.8 Å². The van der Waals surface area contributed by atoms with Gasteiger partial charge in [-0.25, -0.2) is 14.1 Å². The van der Waals surface area contributed by atoms with Crippen LogP contribution in [0.1, 0.15) is 21.7 Å². The molecule has 1 heterocycles. The Morgan fingerprint density at radius 1 is 1.00 bits per heavy atom. The number of anilines is 1. The van der Waals surface area contributed by atoms with E-state index < -0.39 is 5.91 Å². The van der Waals surface area contributed by atoms with Crippen LogP contribution in [0.25, 0.3) is 17.1 Å². The summed E-state index contributed by atoms with van der Waals surface area (Å²) < 4.78 is 15.0. The number of aryl methyl sites for hydroxylation is 1. The first kappa shape index (κ1) is 19.8. The van der Waals surface area contributed by atoms with Gasteiger partial charge in [-0.3, -0.25) is 4.79 Å². The Hall–Kier alpha value is -3.51. The summed E-state index contributed by atoms with van der Waals surface area (Å²) in [5, 5.41) is 7.86. The Bertz CT molecular complexity index is 1230. The molecule has 4 aromatic rings. The average Bonchev–Trinajstić information content (AvgIpc) is 3.17. The lowest BCUT2D eigenvalue weighted by molar-refractivity contribution is 0.101. The zero-order chi connectivity index (χ0) is 21.3. The molecule has 30 heavy (non-hydrogen) atoms. The molecule has 7 heteroatoms. The van der Waals surface area contributed by atoms with Gasteiger partial charge < -0.3 is 5.32 Å². The fraction of sp³-hybridized carbons (Fsp3) is 0.0870. The zero-order valence-electron chi connectivity index (χ0n) is 16.4. The largest absolute Gasteiger partial charge is 0.319 e. The molecule has 0 bridgehead atoms. The molecule has 4 rings (SSSR count). The third kappa shape index (κ3) is 3.82. The molecule has 0 radical (unpaired) electrons. The van der Waals surface area contributed by atoms with Crippen molar-refractivity contribution in [3.8, 4) is 17.1 Å². The summed E-state index contributed by atoms with van der Waals surface area (Å²) in [5.41, 5.74) is 3.71. The molecule has 0 fully saturated rings. The molecule has 0 saturated carbocycles. The first-order valence-electron chi connectivity index (χ1n) is 9.29. The first-order chi connectivity index (χ1) is 14.4. The van der Waals surface area contributed by atoms with Gasteiger partial charge in [-0.1, -0.05) is 35.9 Å². The Morgan fingerprint density at radius 2 is 1.73 bits per heavy atom. The summed E-state index contributed by atoms with van der Waals surface area (Å²) in [6, 6.07) is 18.7. The number of benzene rings is 3. The molecule has 0 saturated heterocycles. The molecule has 150 valence electrons. The second-order valence-electron chi connectivity index (χ2n) is 6.83. The third-order valence-corrected chi connectivity index (χ3v) is 5.18. The van der Waals surface area contributed by atoms with Crippen molar-refractivity contribution in [2.24, 2.45) is 0 Å². The molecule has 0 spiro atoms. The summed E-state index contributed by atoms with van der Waals surface area (Å²) in [4.78, 5) is 17.3. The van der Waals surface area contributed by atoms with E-state index in [4.69, 9.17) is 11.6 Å². The van der Waals surface area contributed by atoms with Gasteiger partial charge in [0.2, 0.25) is 5.82 Å². The number of carbonyl (C=O) groups excluding carboxylic acids is 1. The van der Waals surface area contributed by atoms with E-state index in [1.54, 1.807) is 28.9 Å². The van der Waals surface area contributed by atoms with Gasteiger partial charge in [0.15, 0.2) is 5.82 Å². The standard InChI is InChI=1S/C23H18ClFN4O/c1-14-6-3-4-8-19(14)26-23(30)21-27-22(16-10-12-17(25)13-11-16)29(28-21)20-9-5-7-18(24)15(20)2/h3-13H,1-2H3,(H,26,30). The van der Waals surface area contributed by atoms with E-state index >= 15 is 0 Å². The molecular weight excluding hydrogens is 403 g/mol. The predicted molar refractivity (Wildman–Crippen MR) is 116 cm³/mol. The van der Waals surface area contributed by atoms with Crippen LogP contribution in [0.15, 0.2) is 66.7 Å². The fourth-order valence-electron chi connectivity index (χ4n) is 3.08. The van der Waals surface area contributed by atoms with Gasteiger partial charge in [-0.2, -0.15) is 0 Å². The minimum atomic E-state index is -0.439. The molecule has 0 atom stereocenters. The smallest absolute Gasteiger partial charge is 0.295 e. The zero-order valence-corrected chi connectivity index (χ0v) is 17.1. The molecule has 1 aromatic heterocycles. The van der Waals surface area contributed by atoms with Crippen molar-refractivity contribution in [3.05, 3.63) is 94.5 Å². The highest BCUT2D eigenvalue weighted by molar-refractivity contribution is 6.31. The molecule has 1 N–H and O–H groups in total. The van der Waals surface area contributed by atoms with Crippen LogP contribution < -0.4 is 5.32 Å². The van der Waals surface area contributed by atoms with Crippen LogP contribution in [0.4, 0.5) is 10.1 Å². The van der Waals surface area contributed by atoms with Crippen LogP contribution in [0.3, 0.4) is 0 Å². The molecule has 0 aliphatic heterocycles. The van der Waals surface area contributed by atoms with Gasteiger partial charge in [0, 0.05) is 16.3 Å². The van der Waals surface area contributed by atoms with Crippen LogP contribution in [-0.2, 0) is 0 Å². The van der Waals surface area contributed by atoms with Crippen LogP contribution in [0, 0.1) is 19.7 Å². The molecule has 0 aliphatic rings. The Labute approximate surface area is 178 Å². The van der Waals surface area contributed by atoms with Crippen molar-refractivity contribution in [1.29, 1.82) is 0 Å². The first-order valence-corrected chi connectivity index (χ1v) is 9.67. The summed E-state index contributed by atoms with van der Waals surface area (Å²) in [5.74, 6) is -0.389. The van der Waals surface area contributed by atoms with E-state index in [1.165, 1.54) is 12.1 Å². The Kier molecular flexibility index (Phi) is 5.33. The second kappa shape index (κ2) is 8.08. The quantitative estimate of drug-likeness (QED) is 0.467. The molecule has 0 unspecified atom stereocenters. The summed E-state index contributed by atoms with van der Waals surface area (Å²) in [7, 11) is 0. The predicted octanol–water partition coefficient (Wildman–Crippen LogP) is 5.60. The van der Waals surface area contributed by atoms with Crippen LogP contribution >= 0.6 is 11.6 Å². The maximum atomic E-state index is 13.4. The third-order valence-electron chi connectivity index (χ3n) is 4.77. The number of aromatic nitrogens is 3. The average molecular weight is 421 g/mol. The van der Waals surface area contributed by atoms with E-state index in [1.807, 2.05) is 44.2 Å². The van der Waals surface area contributed by atoms with Crippen molar-refractivity contribution in [3.63, 3.8) is 0 Å². The van der Waals surface area contributed by atoms with E-state index in [2.05, 4.69) is 15.4 Å². The van der Waals surface area contributed by atoms with Gasteiger partial charge in [0.05, 0.1) is 5.69 Å². The number of amides is 1. The minimum Gasteiger partial charge on any atom is -0.319 e. The number of carbonyl (C=O) groups is 1. The van der Waals surface area contributed by atoms with Gasteiger partial charge in [-0.15, -0.1) is 5.10 Å². The number of para-hydroxylation sites is 1. The van der Waals surface area contributed by atoms with Crippen molar-refractivity contribution in [2.75, 3.05) is 5.32 Å². The number of rotatable bonds is 4. The van der Waals surface area contributed by atoms with Gasteiger partial charge >= 0.3 is 0 Å². The fourth-order valence-corrected chi connectivity index (χ4v) is 3.25. The summed E-state index contributed by atoms with van der Waals surface area (Å²) >= 11 is 6.29. The van der Waals surface area contributed by atoms with E-state index in [-0.39, 0.29) is 11.6 Å². The highest BCUT2D eigenvalue weighted by atomic mass is 35.5. The molecule has 1 amide bonds. The van der Waals surface area contributed by atoms with Gasteiger partial charge in [0.25, 0.3) is 5.91 Å². The molecular formula is C23H18ClFN4O. The minimum absolute atomic E-state index is 0.00282. The molecule has 3 aromatic carbocycles. The normalized spacial score (nSPS) is 10.8. The Morgan fingerprint density at radius 3 is 2.47 bits per heavy atom. The van der Waals surface area contributed by atoms with Gasteiger partial charge in [0.1, 0.15) is 5.82 Å². The van der Waals surface area contributed by atoms with Crippen molar-refractivity contribution in [1.82, 2.24) is 14.8 Å². The molecule has 5 nitrogen and oxygen atoms in total. The summed E-state index contributed by atoms with van der Waals surface area (Å²) in [6.45, 7) is 3.77. The maximum absolute atomic E-state index is 13.4. The monoisotopic (exact) mass is 420 g/mol. The number of hydrogen-bond donors (Lipinski definition) is 1. The SMILES string of the molecule is Cc1ccccc1NC(=O)c1nc(-c2ccc(F)cc2)n(-c2cccc(Cl)c2C)n1. The maximum Gasteiger partial charge on any atom is 0.295 e. The van der Waals surface area contributed by atoms with Crippen molar-refractivity contribution < 1.29 is 9.18 Å². The van der Waals surface area contributed by atoms with E-state index in [0.717, 1.165) is 11.1 Å². The Balaban J connectivity index is 1.81. The van der Waals surface area contributed by atoms with Crippen LogP contribution in [0.2, 0.25) is 5.02 Å². The molecule has 0 aliphatic carbocycles. The number of halogens is 2. The summed E-state index contributed by atoms with van der Waals surface area (Å²) in [6.07, 6.45) is 0. The van der Waals surface area contributed by atoms with E-state index in [0.29, 0.717) is 27.8 Å². The van der Waals surface area contributed by atoms with E-state index in [9.17, 15) is 9.18 Å². The number of hydrogen-bond acceptors (Lipinski definition) is 3. The van der Waals surface area contributed by atoms with Crippen molar-refractivity contribution >= 4 is 23.2 Å². The lowest BCUT2D eigenvalue weighted by Crippen LogP contribution is -2.15. The van der Waals surface area contributed by atoms with Crippen LogP contribution in [-0.4, -0.2) is 20.7 Å². The van der Waals surface area contributed by atoms with Gasteiger partial charge in [-0.05, 0) is 67.4 Å². The number of nitrogens with zero attached hydrogens (tertiary/aromatic N) is 3. The highest BCUT2D eigenvalue weighted by Gasteiger charge is 2.20. The second-order valence-corrected chi connectivity index (χ2v) is 7.24. The van der Waals surface area contributed by atoms with Crippen LogP contribution in [0.5, 0.6) is 0 Å². The number of nitrogens with one attached hydrogen (secondary N) is 1. The van der Waals surface area contributed by atoms with Crippen molar-refractivity contribution in [2.45, 2.75) is 13.8 Å². The lowest BCUT2D eigenvalue weighted by atomic mass is 10.1. The lowest BCUT2D eigenvalue weighted by Gasteiger charge is -2.10. The highest BCUT2D eigenvalue weighted by Crippen LogP contribution is 2.27.